The number of carbonyl (C=O) groups is 1. The maximum atomic E-state index is 12.4. The number of esters is 1. The van der Waals surface area contributed by atoms with E-state index in [0.29, 0.717) is 11.3 Å². The SMILES string of the molecule is Cc1nc(-c2cnn(C)c2C(=O)OC(C)(C)C)ncc1OS(C)(=O)=O. The Morgan fingerprint density at radius 1 is 1.24 bits per heavy atom. The maximum Gasteiger partial charge on any atom is 0.357 e. The second-order valence-corrected chi connectivity index (χ2v) is 8.04. The highest BCUT2D eigenvalue weighted by molar-refractivity contribution is 7.86. The highest BCUT2D eigenvalue weighted by atomic mass is 32.2. The second kappa shape index (κ2) is 6.43. The lowest BCUT2D eigenvalue weighted by molar-refractivity contribution is 0.00584. The molecule has 0 aliphatic heterocycles. The second-order valence-electron chi connectivity index (χ2n) is 6.46. The molecule has 10 heteroatoms. The van der Waals surface area contributed by atoms with Crippen LogP contribution in [0.5, 0.6) is 5.75 Å². The van der Waals surface area contributed by atoms with Crippen molar-refractivity contribution in [2.75, 3.05) is 6.26 Å². The Balaban J connectivity index is 2.44. The molecule has 0 spiro atoms. The minimum atomic E-state index is -3.69. The number of nitrogens with zero attached hydrogens (tertiary/aromatic N) is 4. The molecule has 0 aliphatic rings. The summed E-state index contributed by atoms with van der Waals surface area (Å²) in [5, 5.41) is 4.06. The number of rotatable bonds is 4. The molecule has 0 radical (unpaired) electrons. The Morgan fingerprint density at radius 3 is 2.40 bits per heavy atom. The smallest absolute Gasteiger partial charge is 0.357 e. The first kappa shape index (κ1) is 18.8. The predicted octanol–water partition coefficient (Wildman–Crippen LogP) is 1.48. The molecule has 0 unspecified atom stereocenters. The van der Waals surface area contributed by atoms with Crippen molar-refractivity contribution in [2.45, 2.75) is 33.3 Å². The van der Waals surface area contributed by atoms with Crippen LogP contribution in [0.3, 0.4) is 0 Å². The lowest BCUT2D eigenvalue weighted by Gasteiger charge is -2.19. The zero-order valence-electron chi connectivity index (χ0n) is 14.9. The van der Waals surface area contributed by atoms with Gasteiger partial charge in [-0.25, -0.2) is 14.8 Å². The average molecular weight is 368 g/mol. The summed E-state index contributed by atoms with van der Waals surface area (Å²) in [7, 11) is -2.08. The topological polar surface area (TPSA) is 113 Å². The quantitative estimate of drug-likeness (QED) is 0.589. The largest absolute Gasteiger partial charge is 0.455 e. The first-order valence-electron chi connectivity index (χ1n) is 7.36. The third kappa shape index (κ3) is 4.75. The summed E-state index contributed by atoms with van der Waals surface area (Å²) in [4.78, 5) is 20.7. The molecule has 136 valence electrons. The van der Waals surface area contributed by atoms with E-state index in [1.165, 1.54) is 17.1 Å². The monoisotopic (exact) mass is 368 g/mol. The van der Waals surface area contributed by atoms with E-state index < -0.39 is 21.7 Å². The normalized spacial score (nSPS) is 12.1. The lowest BCUT2D eigenvalue weighted by atomic mass is 10.2. The zero-order valence-corrected chi connectivity index (χ0v) is 15.7. The molecule has 2 rings (SSSR count). The zero-order chi connectivity index (χ0) is 19.0. The molecule has 2 aromatic heterocycles. The minimum absolute atomic E-state index is 0.0222. The molecule has 25 heavy (non-hydrogen) atoms. The summed E-state index contributed by atoms with van der Waals surface area (Å²) in [6, 6.07) is 0. The number of aromatic nitrogens is 4. The molecule has 9 nitrogen and oxygen atoms in total. The summed E-state index contributed by atoms with van der Waals surface area (Å²) in [5.41, 5.74) is 0.231. The minimum Gasteiger partial charge on any atom is -0.455 e. The number of aryl methyl sites for hydroxylation is 2. The van der Waals surface area contributed by atoms with E-state index >= 15 is 0 Å². The fourth-order valence-corrected chi connectivity index (χ4v) is 2.49. The van der Waals surface area contributed by atoms with E-state index in [0.717, 1.165) is 6.26 Å². The highest BCUT2D eigenvalue weighted by Gasteiger charge is 2.26. The molecule has 0 aromatic carbocycles. The number of hydrogen-bond acceptors (Lipinski definition) is 8. The Bertz CT molecular complexity index is 912. The van der Waals surface area contributed by atoms with Crippen LogP contribution in [0.1, 0.15) is 37.0 Å². The van der Waals surface area contributed by atoms with Gasteiger partial charge in [0.15, 0.2) is 17.3 Å². The van der Waals surface area contributed by atoms with E-state index in [2.05, 4.69) is 15.1 Å². The van der Waals surface area contributed by atoms with Gasteiger partial charge in [-0.2, -0.15) is 13.5 Å². The summed E-state index contributed by atoms with van der Waals surface area (Å²) < 4.78 is 34.0. The van der Waals surface area contributed by atoms with Gasteiger partial charge in [0.05, 0.1) is 29.9 Å². The fraction of sp³-hybridized carbons (Fsp3) is 0.467. The molecule has 2 heterocycles. The van der Waals surface area contributed by atoms with Crippen LogP contribution in [-0.2, 0) is 21.9 Å². The Labute approximate surface area is 146 Å². The van der Waals surface area contributed by atoms with Crippen molar-refractivity contribution >= 4 is 16.1 Å². The van der Waals surface area contributed by atoms with Crippen molar-refractivity contribution in [1.29, 1.82) is 0 Å². The summed E-state index contributed by atoms with van der Waals surface area (Å²) in [5.74, 6) is -0.318. The number of ether oxygens (including phenoxy) is 1. The Morgan fingerprint density at radius 2 is 1.88 bits per heavy atom. The van der Waals surface area contributed by atoms with Gasteiger partial charge in [-0.05, 0) is 27.7 Å². The third-order valence-electron chi connectivity index (χ3n) is 2.95. The molecular formula is C15H20N4O5S. The Kier molecular flexibility index (Phi) is 4.85. The molecular weight excluding hydrogens is 348 g/mol. The van der Waals surface area contributed by atoms with Crippen molar-refractivity contribution < 1.29 is 22.1 Å². The third-order valence-corrected chi connectivity index (χ3v) is 3.43. The molecule has 0 saturated heterocycles. The maximum absolute atomic E-state index is 12.4. The fourth-order valence-electron chi connectivity index (χ4n) is 2.00. The van der Waals surface area contributed by atoms with Crippen molar-refractivity contribution in [1.82, 2.24) is 19.7 Å². The van der Waals surface area contributed by atoms with Gasteiger partial charge in [-0.15, -0.1) is 0 Å². The van der Waals surface area contributed by atoms with Gasteiger partial charge in [-0.1, -0.05) is 0 Å². The van der Waals surface area contributed by atoms with Gasteiger partial charge in [0.25, 0.3) is 0 Å². The van der Waals surface area contributed by atoms with Gasteiger partial charge in [-0.3, -0.25) is 4.68 Å². The summed E-state index contributed by atoms with van der Waals surface area (Å²) >= 11 is 0. The van der Waals surface area contributed by atoms with E-state index in [9.17, 15) is 13.2 Å². The van der Waals surface area contributed by atoms with Crippen LogP contribution in [0.4, 0.5) is 0 Å². The number of hydrogen-bond donors (Lipinski definition) is 0. The lowest BCUT2D eigenvalue weighted by Crippen LogP contribution is -2.25. The van der Waals surface area contributed by atoms with Crippen molar-refractivity contribution in [2.24, 2.45) is 7.05 Å². The van der Waals surface area contributed by atoms with Crippen molar-refractivity contribution in [3.8, 4) is 17.1 Å². The molecule has 0 aliphatic carbocycles. The van der Waals surface area contributed by atoms with E-state index in [-0.39, 0.29) is 17.3 Å². The van der Waals surface area contributed by atoms with E-state index in [1.807, 2.05) is 0 Å². The molecule has 0 amide bonds. The predicted molar refractivity (Wildman–Crippen MR) is 89.6 cm³/mol. The van der Waals surface area contributed by atoms with Crippen molar-refractivity contribution in [3.05, 3.63) is 23.8 Å². The molecule has 0 fully saturated rings. The van der Waals surface area contributed by atoms with E-state index in [4.69, 9.17) is 8.92 Å². The van der Waals surface area contributed by atoms with Crippen LogP contribution < -0.4 is 4.18 Å². The average Bonchev–Trinajstić information content (AvgIpc) is 2.79. The van der Waals surface area contributed by atoms with Gasteiger partial charge < -0.3 is 8.92 Å². The summed E-state index contributed by atoms with van der Waals surface area (Å²) in [6.45, 7) is 6.87. The first-order chi connectivity index (χ1) is 11.4. The van der Waals surface area contributed by atoms with E-state index in [1.54, 1.807) is 34.7 Å². The molecule has 0 saturated carbocycles. The van der Waals surface area contributed by atoms with Crippen LogP contribution in [0.25, 0.3) is 11.4 Å². The van der Waals surface area contributed by atoms with Crippen LogP contribution in [0.2, 0.25) is 0 Å². The van der Waals surface area contributed by atoms with Gasteiger partial charge in [0.1, 0.15) is 5.60 Å². The first-order valence-corrected chi connectivity index (χ1v) is 9.18. The van der Waals surface area contributed by atoms with Crippen LogP contribution in [0.15, 0.2) is 12.4 Å². The standard InChI is InChI=1S/C15H20N4O5S/c1-9-11(24-25(6,21)22)8-16-13(18-9)10-7-17-19(5)12(10)14(20)23-15(2,3)4/h7-8H,1-6H3. The summed E-state index contributed by atoms with van der Waals surface area (Å²) in [6.07, 6.45) is 3.62. The molecule has 2 aromatic rings. The van der Waals surface area contributed by atoms with Crippen LogP contribution in [-0.4, -0.2) is 46.0 Å². The Hall–Kier alpha value is -2.49. The van der Waals surface area contributed by atoms with Gasteiger partial charge >= 0.3 is 16.1 Å². The highest BCUT2D eigenvalue weighted by Crippen LogP contribution is 2.25. The van der Waals surface area contributed by atoms with Gasteiger partial charge in [0, 0.05) is 7.05 Å². The van der Waals surface area contributed by atoms with Crippen LogP contribution in [0, 0.1) is 6.92 Å². The number of carbonyl (C=O) groups excluding carboxylic acids is 1. The molecule has 0 atom stereocenters. The molecule has 0 N–H and O–H groups in total. The van der Waals surface area contributed by atoms with Gasteiger partial charge in [0.2, 0.25) is 0 Å². The molecule has 0 bridgehead atoms. The van der Waals surface area contributed by atoms with Crippen LogP contribution >= 0.6 is 0 Å². The van der Waals surface area contributed by atoms with Crippen molar-refractivity contribution in [3.63, 3.8) is 0 Å².